The largest absolute Gasteiger partial charge is 0.314 e. The molecule has 1 saturated heterocycles. The monoisotopic (exact) mass is 266 g/mol. The van der Waals surface area contributed by atoms with Gasteiger partial charge in [-0.2, -0.15) is 0 Å². The summed E-state index contributed by atoms with van der Waals surface area (Å²) in [5.74, 6) is 1.84. The first-order chi connectivity index (χ1) is 9.29. The lowest BCUT2D eigenvalue weighted by Gasteiger charge is -2.38. The second-order valence-corrected chi connectivity index (χ2v) is 6.95. The van der Waals surface area contributed by atoms with Crippen molar-refractivity contribution in [3.63, 3.8) is 0 Å². The number of hydrogen-bond donors (Lipinski definition) is 1. The molecule has 112 valence electrons. The molecule has 2 heteroatoms. The lowest BCUT2D eigenvalue weighted by atomic mass is 9.78. The highest BCUT2D eigenvalue weighted by molar-refractivity contribution is 4.85. The van der Waals surface area contributed by atoms with E-state index < -0.39 is 0 Å². The quantitative estimate of drug-likeness (QED) is 0.817. The molecular formula is C17H34N2. The number of likely N-dealkylation sites (tertiary alicyclic amines) is 1. The summed E-state index contributed by atoms with van der Waals surface area (Å²) < 4.78 is 0. The van der Waals surface area contributed by atoms with Crippen molar-refractivity contribution in [2.75, 3.05) is 26.2 Å². The van der Waals surface area contributed by atoms with Crippen molar-refractivity contribution in [2.45, 2.75) is 71.3 Å². The minimum absolute atomic E-state index is 0.791. The highest BCUT2D eigenvalue weighted by Crippen LogP contribution is 2.30. The number of hydrogen-bond acceptors (Lipinski definition) is 2. The molecule has 2 nitrogen and oxygen atoms in total. The molecular weight excluding hydrogens is 232 g/mol. The summed E-state index contributed by atoms with van der Waals surface area (Å²) in [6.45, 7) is 9.99. The number of nitrogens with zero attached hydrogens (tertiary/aromatic N) is 1. The molecule has 1 aliphatic carbocycles. The molecule has 0 amide bonds. The Morgan fingerprint density at radius 3 is 2.47 bits per heavy atom. The lowest BCUT2D eigenvalue weighted by Crippen LogP contribution is -2.46. The fourth-order valence-electron chi connectivity index (χ4n) is 3.95. The van der Waals surface area contributed by atoms with Gasteiger partial charge in [0.2, 0.25) is 0 Å². The molecule has 2 aliphatic rings. The van der Waals surface area contributed by atoms with E-state index in [-0.39, 0.29) is 0 Å². The van der Waals surface area contributed by atoms with Gasteiger partial charge in [0.25, 0.3) is 0 Å². The SMILES string of the molecule is CCCNC1CCC(C)CC1CN1CCCCCC1. The zero-order chi connectivity index (χ0) is 13.5. The molecule has 0 aromatic rings. The van der Waals surface area contributed by atoms with Gasteiger partial charge in [-0.25, -0.2) is 0 Å². The Balaban J connectivity index is 1.85. The standard InChI is InChI=1S/C17H34N2/c1-3-10-18-17-9-8-15(2)13-16(17)14-19-11-6-4-5-7-12-19/h15-18H,3-14H2,1-2H3. The molecule has 0 aromatic heterocycles. The van der Waals surface area contributed by atoms with Crippen molar-refractivity contribution < 1.29 is 0 Å². The highest BCUT2D eigenvalue weighted by Gasteiger charge is 2.29. The Kier molecular flexibility index (Phi) is 6.66. The Hall–Kier alpha value is -0.0800. The van der Waals surface area contributed by atoms with Gasteiger partial charge in [0, 0.05) is 12.6 Å². The summed E-state index contributed by atoms with van der Waals surface area (Å²) in [4.78, 5) is 2.76. The van der Waals surface area contributed by atoms with E-state index in [4.69, 9.17) is 0 Å². The van der Waals surface area contributed by atoms with Crippen molar-refractivity contribution in [3.05, 3.63) is 0 Å². The van der Waals surface area contributed by atoms with E-state index in [1.54, 1.807) is 0 Å². The van der Waals surface area contributed by atoms with Crippen molar-refractivity contribution in [1.82, 2.24) is 10.2 Å². The van der Waals surface area contributed by atoms with Crippen LogP contribution in [0.3, 0.4) is 0 Å². The van der Waals surface area contributed by atoms with E-state index in [9.17, 15) is 0 Å². The average Bonchev–Trinajstić information content (AvgIpc) is 2.66. The van der Waals surface area contributed by atoms with Gasteiger partial charge in [-0.05, 0) is 70.0 Å². The Morgan fingerprint density at radius 2 is 1.79 bits per heavy atom. The van der Waals surface area contributed by atoms with E-state index in [2.05, 4.69) is 24.1 Å². The van der Waals surface area contributed by atoms with Crippen LogP contribution in [0, 0.1) is 11.8 Å². The summed E-state index contributed by atoms with van der Waals surface area (Å²) in [7, 11) is 0. The van der Waals surface area contributed by atoms with Crippen molar-refractivity contribution in [2.24, 2.45) is 11.8 Å². The first kappa shape index (κ1) is 15.3. The summed E-state index contributed by atoms with van der Waals surface area (Å²) in [5.41, 5.74) is 0. The van der Waals surface area contributed by atoms with E-state index in [0.29, 0.717) is 0 Å². The highest BCUT2D eigenvalue weighted by atomic mass is 15.1. The van der Waals surface area contributed by atoms with E-state index in [0.717, 1.165) is 17.9 Å². The maximum Gasteiger partial charge on any atom is 0.0108 e. The first-order valence-electron chi connectivity index (χ1n) is 8.75. The van der Waals surface area contributed by atoms with Gasteiger partial charge in [0.1, 0.15) is 0 Å². The summed E-state index contributed by atoms with van der Waals surface area (Å²) in [6, 6.07) is 0.791. The summed E-state index contributed by atoms with van der Waals surface area (Å²) >= 11 is 0. The zero-order valence-electron chi connectivity index (χ0n) is 13.2. The lowest BCUT2D eigenvalue weighted by molar-refractivity contribution is 0.147. The smallest absolute Gasteiger partial charge is 0.0108 e. The molecule has 1 N–H and O–H groups in total. The predicted octanol–water partition coefficient (Wildman–Crippen LogP) is 3.67. The Bertz CT molecular complexity index is 231. The number of rotatable bonds is 5. The third kappa shape index (κ3) is 5.07. The Morgan fingerprint density at radius 1 is 1.05 bits per heavy atom. The third-order valence-electron chi connectivity index (χ3n) is 5.09. The molecule has 19 heavy (non-hydrogen) atoms. The third-order valence-corrected chi connectivity index (χ3v) is 5.09. The van der Waals surface area contributed by atoms with E-state index in [1.807, 2.05) is 0 Å². The van der Waals surface area contributed by atoms with Crippen LogP contribution in [-0.4, -0.2) is 37.1 Å². The summed E-state index contributed by atoms with van der Waals surface area (Å²) in [6.07, 6.45) is 11.3. The minimum atomic E-state index is 0.791. The van der Waals surface area contributed by atoms with Crippen LogP contribution in [0.2, 0.25) is 0 Å². The molecule has 0 aromatic carbocycles. The van der Waals surface area contributed by atoms with E-state index >= 15 is 0 Å². The van der Waals surface area contributed by atoms with Crippen LogP contribution in [-0.2, 0) is 0 Å². The Labute approximate surface area is 120 Å². The molecule has 0 radical (unpaired) electrons. The predicted molar refractivity (Wildman–Crippen MR) is 83.5 cm³/mol. The summed E-state index contributed by atoms with van der Waals surface area (Å²) in [5, 5.41) is 3.82. The van der Waals surface area contributed by atoms with Gasteiger partial charge >= 0.3 is 0 Å². The molecule has 1 heterocycles. The molecule has 2 rings (SSSR count). The van der Waals surface area contributed by atoms with Crippen molar-refractivity contribution in [3.8, 4) is 0 Å². The van der Waals surface area contributed by atoms with Gasteiger partial charge in [0.15, 0.2) is 0 Å². The normalized spacial score (nSPS) is 34.1. The molecule has 2 fully saturated rings. The van der Waals surface area contributed by atoms with Crippen molar-refractivity contribution in [1.29, 1.82) is 0 Å². The maximum absolute atomic E-state index is 3.82. The van der Waals surface area contributed by atoms with Crippen LogP contribution in [0.25, 0.3) is 0 Å². The van der Waals surface area contributed by atoms with Crippen LogP contribution in [0.4, 0.5) is 0 Å². The van der Waals surface area contributed by atoms with Gasteiger partial charge in [-0.3, -0.25) is 0 Å². The number of nitrogens with one attached hydrogen (secondary N) is 1. The second kappa shape index (κ2) is 8.26. The zero-order valence-corrected chi connectivity index (χ0v) is 13.2. The van der Waals surface area contributed by atoms with E-state index in [1.165, 1.54) is 77.5 Å². The molecule has 3 atom stereocenters. The van der Waals surface area contributed by atoms with Crippen LogP contribution in [0.1, 0.15) is 65.2 Å². The first-order valence-corrected chi connectivity index (χ1v) is 8.75. The fraction of sp³-hybridized carbons (Fsp3) is 1.00. The molecule has 0 bridgehead atoms. The maximum atomic E-state index is 3.82. The van der Waals surface area contributed by atoms with Gasteiger partial charge in [0.05, 0.1) is 0 Å². The average molecular weight is 266 g/mol. The van der Waals surface area contributed by atoms with Gasteiger partial charge < -0.3 is 10.2 Å². The molecule has 1 aliphatic heterocycles. The van der Waals surface area contributed by atoms with Gasteiger partial charge in [-0.1, -0.05) is 26.7 Å². The van der Waals surface area contributed by atoms with Crippen LogP contribution in [0.15, 0.2) is 0 Å². The minimum Gasteiger partial charge on any atom is -0.314 e. The molecule has 1 saturated carbocycles. The molecule has 0 spiro atoms. The van der Waals surface area contributed by atoms with Crippen LogP contribution < -0.4 is 5.32 Å². The van der Waals surface area contributed by atoms with Crippen LogP contribution in [0.5, 0.6) is 0 Å². The fourth-order valence-corrected chi connectivity index (χ4v) is 3.95. The van der Waals surface area contributed by atoms with Gasteiger partial charge in [-0.15, -0.1) is 0 Å². The topological polar surface area (TPSA) is 15.3 Å². The van der Waals surface area contributed by atoms with Crippen molar-refractivity contribution >= 4 is 0 Å². The second-order valence-electron chi connectivity index (χ2n) is 6.95. The molecule has 3 unspecified atom stereocenters. The van der Waals surface area contributed by atoms with Crippen LogP contribution >= 0.6 is 0 Å².